The molecule has 0 aliphatic heterocycles. The highest BCUT2D eigenvalue weighted by molar-refractivity contribution is 7.54. The molecule has 0 aromatic carbocycles. The summed E-state index contributed by atoms with van der Waals surface area (Å²) in [4.78, 5) is 11.1. The molecule has 0 aromatic heterocycles. The Balaban J connectivity index is 5.06. The predicted octanol–water partition coefficient (Wildman–Crippen LogP) is 3.65. The van der Waals surface area contributed by atoms with Gasteiger partial charge in [-0.1, -0.05) is 20.3 Å². The second kappa shape index (κ2) is 8.84. The van der Waals surface area contributed by atoms with Gasteiger partial charge in [-0.05, 0) is 26.7 Å². The quantitative estimate of drug-likeness (QED) is 0.446. The molecule has 4 nitrogen and oxygen atoms in total. The van der Waals surface area contributed by atoms with E-state index >= 15 is 0 Å². The summed E-state index contributed by atoms with van der Waals surface area (Å²) in [5.74, 6) is -0.251. The van der Waals surface area contributed by atoms with Crippen LogP contribution in [0.15, 0.2) is 0 Å². The van der Waals surface area contributed by atoms with Crippen molar-refractivity contribution in [3.8, 4) is 0 Å². The average Bonchev–Trinajstić information content (AvgIpc) is 2.30. The number of rotatable bonds is 10. The molecule has 5 heteroatoms. The van der Waals surface area contributed by atoms with E-state index < -0.39 is 7.60 Å². The van der Waals surface area contributed by atoms with Crippen molar-refractivity contribution in [1.82, 2.24) is 0 Å². The van der Waals surface area contributed by atoms with Crippen LogP contribution in [0.3, 0.4) is 0 Å². The summed E-state index contributed by atoms with van der Waals surface area (Å²) in [5, 5.41) is 0. The second-order valence-electron chi connectivity index (χ2n) is 3.94. The minimum Gasteiger partial charge on any atom is -0.309 e. The van der Waals surface area contributed by atoms with E-state index in [1.54, 1.807) is 13.8 Å². The van der Waals surface area contributed by atoms with Crippen LogP contribution in [0.5, 0.6) is 0 Å². The van der Waals surface area contributed by atoms with Crippen molar-refractivity contribution in [2.75, 3.05) is 13.2 Å². The zero-order valence-corrected chi connectivity index (χ0v) is 12.2. The van der Waals surface area contributed by atoms with Crippen LogP contribution in [0.4, 0.5) is 0 Å². The highest BCUT2D eigenvalue weighted by atomic mass is 31.2. The number of aldehydes is 1. The summed E-state index contributed by atoms with van der Waals surface area (Å²) in [5.41, 5.74) is -0.310. The minimum absolute atomic E-state index is 0.251. The van der Waals surface area contributed by atoms with Crippen molar-refractivity contribution < 1.29 is 18.4 Å². The van der Waals surface area contributed by atoms with Crippen LogP contribution in [0.2, 0.25) is 0 Å². The Morgan fingerprint density at radius 2 is 1.65 bits per heavy atom. The Morgan fingerprint density at radius 3 is 1.94 bits per heavy atom. The van der Waals surface area contributed by atoms with Gasteiger partial charge < -0.3 is 13.8 Å². The van der Waals surface area contributed by atoms with E-state index in [2.05, 4.69) is 0 Å². The number of hydrogen-bond donors (Lipinski definition) is 0. The molecule has 0 radical (unpaired) electrons. The molecule has 17 heavy (non-hydrogen) atoms. The fourth-order valence-corrected chi connectivity index (χ4v) is 4.45. The Bertz CT molecular complexity index is 245. The van der Waals surface area contributed by atoms with Gasteiger partial charge in [-0.3, -0.25) is 4.57 Å². The first-order valence-electron chi connectivity index (χ1n) is 6.43. The summed E-state index contributed by atoms with van der Waals surface area (Å²) in [6.07, 6.45) is 3.09. The zero-order chi connectivity index (χ0) is 13.3. The predicted molar refractivity (Wildman–Crippen MR) is 69.4 cm³/mol. The van der Waals surface area contributed by atoms with Gasteiger partial charge in [0.1, 0.15) is 6.29 Å². The highest BCUT2D eigenvalue weighted by Crippen LogP contribution is 2.57. The van der Waals surface area contributed by atoms with Crippen LogP contribution in [0.1, 0.15) is 47.0 Å². The third-order valence-corrected chi connectivity index (χ3v) is 5.44. The average molecular weight is 264 g/mol. The maximum Gasteiger partial charge on any atom is 0.334 e. The third kappa shape index (κ3) is 4.90. The van der Waals surface area contributed by atoms with E-state index in [4.69, 9.17) is 9.05 Å². The van der Waals surface area contributed by atoms with Gasteiger partial charge >= 0.3 is 7.60 Å². The molecule has 0 saturated heterocycles. The summed E-state index contributed by atoms with van der Waals surface area (Å²) in [6, 6.07) is 0. The van der Waals surface area contributed by atoms with E-state index in [1.165, 1.54) is 0 Å². The van der Waals surface area contributed by atoms with Gasteiger partial charge in [0, 0.05) is 5.92 Å². The van der Waals surface area contributed by atoms with E-state index in [0.29, 0.717) is 26.1 Å². The molecule has 0 fully saturated rings. The topological polar surface area (TPSA) is 52.6 Å². The fourth-order valence-electron chi connectivity index (χ4n) is 1.95. The Morgan fingerprint density at radius 1 is 1.12 bits per heavy atom. The highest BCUT2D eigenvalue weighted by Gasteiger charge is 2.39. The van der Waals surface area contributed by atoms with Crippen molar-refractivity contribution >= 4 is 13.9 Å². The van der Waals surface area contributed by atoms with E-state index in [0.717, 1.165) is 12.7 Å². The molecule has 0 bridgehead atoms. The van der Waals surface area contributed by atoms with Crippen LogP contribution in [-0.4, -0.2) is 25.2 Å². The van der Waals surface area contributed by atoms with E-state index in [9.17, 15) is 9.36 Å². The third-order valence-electron chi connectivity index (χ3n) is 2.75. The molecular formula is C12H25O4P. The van der Waals surface area contributed by atoms with E-state index in [1.807, 2.05) is 13.8 Å². The maximum atomic E-state index is 12.7. The largest absolute Gasteiger partial charge is 0.334 e. The van der Waals surface area contributed by atoms with Gasteiger partial charge in [0.25, 0.3) is 0 Å². The number of carbonyl (C=O) groups is 1. The van der Waals surface area contributed by atoms with Crippen LogP contribution in [-0.2, 0) is 18.4 Å². The summed E-state index contributed by atoms with van der Waals surface area (Å²) in [6.45, 7) is 8.18. The van der Waals surface area contributed by atoms with Crippen molar-refractivity contribution in [3.05, 3.63) is 0 Å². The Hall–Kier alpha value is -0.180. The lowest BCUT2D eigenvalue weighted by atomic mass is 10.0. The summed E-state index contributed by atoms with van der Waals surface area (Å²) in [7, 11) is -3.17. The van der Waals surface area contributed by atoms with Gasteiger partial charge in [0.05, 0.1) is 18.9 Å². The number of carbonyl (C=O) groups excluding carboxylic acids is 1. The smallest absolute Gasteiger partial charge is 0.309 e. The first-order chi connectivity index (χ1) is 8.09. The van der Waals surface area contributed by atoms with Gasteiger partial charge in [0.15, 0.2) is 0 Å². The van der Waals surface area contributed by atoms with Crippen molar-refractivity contribution in [2.24, 2.45) is 5.92 Å². The molecule has 0 heterocycles. The standard InChI is InChI=1S/C12H25O4P/c1-5-9-12(11(6-2)10-13)17(14,15-7-3)16-8-4/h10-12H,5-9H2,1-4H3. The number of hydrogen-bond acceptors (Lipinski definition) is 4. The molecule has 0 aliphatic carbocycles. The Labute approximate surface area is 105 Å². The molecular weight excluding hydrogens is 239 g/mol. The van der Waals surface area contributed by atoms with Crippen LogP contribution in [0, 0.1) is 5.92 Å². The monoisotopic (exact) mass is 264 g/mol. The van der Waals surface area contributed by atoms with Crippen molar-refractivity contribution in [3.63, 3.8) is 0 Å². The zero-order valence-electron chi connectivity index (χ0n) is 11.3. The molecule has 0 spiro atoms. The molecule has 0 N–H and O–H groups in total. The Kier molecular flexibility index (Phi) is 8.75. The minimum atomic E-state index is -3.17. The molecule has 2 atom stereocenters. The summed E-state index contributed by atoms with van der Waals surface area (Å²) < 4.78 is 23.3. The fraction of sp³-hybridized carbons (Fsp3) is 0.917. The lowest BCUT2D eigenvalue weighted by molar-refractivity contribution is -0.111. The van der Waals surface area contributed by atoms with Crippen LogP contribution >= 0.6 is 7.60 Å². The van der Waals surface area contributed by atoms with Crippen LogP contribution < -0.4 is 0 Å². The van der Waals surface area contributed by atoms with Gasteiger partial charge in [-0.2, -0.15) is 0 Å². The first-order valence-corrected chi connectivity index (χ1v) is 8.04. The second-order valence-corrected chi connectivity index (χ2v) is 6.20. The van der Waals surface area contributed by atoms with Crippen LogP contribution in [0.25, 0.3) is 0 Å². The van der Waals surface area contributed by atoms with Gasteiger partial charge in [-0.25, -0.2) is 0 Å². The summed E-state index contributed by atoms with van der Waals surface area (Å²) >= 11 is 0. The normalized spacial score (nSPS) is 15.5. The van der Waals surface area contributed by atoms with E-state index in [-0.39, 0.29) is 11.6 Å². The molecule has 0 saturated carbocycles. The molecule has 0 rings (SSSR count). The lowest BCUT2D eigenvalue weighted by Crippen LogP contribution is -2.24. The van der Waals surface area contributed by atoms with Gasteiger partial charge in [0.2, 0.25) is 0 Å². The lowest BCUT2D eigenvalue weighted by Gasteiger charge is -2.29. The maximum absolute atomic E-state index is 12.7. The van der Waals surface area contributed by atoms with Crippen molar-refractivity contribution in [1.29, 1.82) is 0 Å². The van der Waals surface area contributed by atoms with Crippen molar-refractivity contribution in [2.45, 2.75) is 52.6 Å². The SMILES string of the molecule is CCCC(C(C=O)CC)P(=O)(OCC)OCC. The van der Waals surface area contributed by atoms with Gasteiger partial charge in [-0.15, -0.1) is 0 Å². The first kappa shape index (κ1) is 16.8. The molecule has 2 unspecified atom stereocenters. The molecule has 0 aromatic rings. The molecule has 102 valence electrons. The molecule has 0 aliphatic rings. The molecule has 0 amide bonds.